The fourth-order valence-electron chi connectivity index (χ4n) is 3.25. The summed E-state index contributed by atoms with van der Waals surface area (Å²) in [4.78, 5) is 24.8. The average Bonchev–Trinajstić information content (AvgIpc) is 3.53. The van der Waals surface area contributed by atoms with Crippen LogP contribution in [0.1, 0.15) is 47.2 Å². The van der Waals surface area contributed by atoms with Crippen LogP contribution >= 0.6 is 11.6 Å². The molecule has 0 spiro atoms. The highest BCUT2D eigenvalue weighted by atomic mass is 35.5. The van der Waals surface area contributed by atoms with Crippen molar-refractivity contribution in [1.29, 1.82) is 0 Å². The fourth-order valence-corrected chi connectivity index (χ4v) is 3.51. The number of carbonyl (C=O) groups excluding carboxylic acids is 1. The molecule has 0 N–H and O–H groups in total. The van der Waals surface area contributed by atoms with Crippen LogP contribution < -0.4 is 4.90 Å². The van der Waals surface area contributed by atoms with Crippen molar-refractivity contribution in [2.45, 2.75) is 25.2 Å². The second-order valence-corrected chi connectivity index (χ2v) is 7.25. The molecule has 4 rings (SSSR count). The van der Waals surface area contributed by atoms with E-state index >= 15 is 0 Å². The van der Waals surface area contributed by atoms with Gasteiger partial charge in [-0.3, -0.25) is 4.79 Å². The minimum atomic E-state index is -2.71. The Kier molecular flexibility index (Phi) is 4.95. The normalized spacial score (nSPS) is 17.5. The Balaban J connectivity index is 1.49. The molecule has 1 aromatic carbocycles. The molecule has 0 unspecified atom stereocenters. The molecule has 2 aromatic rings. The number of carbonyl (C=O) groups is 1. The average molecular weight is 393 g/mol. The number of rotatable bonds is 4. The van der Waals surface area contributed by atoms with Crippen LogP contribution in [0.3, 0.4) is 0 Å². The first kappa shape index (κ1) is 18.1. The molecule has 2 heterocycles. The van der Waals surface area contributed by atoms with Crippen molar-refractivity contribution >= 4 is 23.2 Å². The first-order chi connectivity index (χ1) is 13.0. The van der Waals surface area contributed by atoms with E-state index in [4.69, 9.17) is 11.6 Å². The summed E-state index contributed by atoms with van der Waals surface area (Å²) in [5.41, 5.74) is 0.627. The van der Waals surface area contributed by atoms with Gasteiger partial charge in [0.15, 0.2) is 0 Å². The van der Waals surface area contributed by atoms with Gasteiger partial charge in [0.25, 0.3) is 12.3 Å². The number of hydrogen-bond donors (Lipinski definition) is 0. The number of aromatic nitrogens is 2. The third-order valence-electron chi connectivity index (χ3n) is 4.91. The summed E-state index contributed by atoms with van der Waals surface area (Å²) in [7, 11) is 0. The molecule has 1 aliphatic carbocycles. The molecule has 5 nitrogen and oxygen atoms in total. The van der Waals surface area contributed by atoms with Crippen LogP contribution in [0.15, 0.2) is 30.3 Å². The number of anilines is 1. The molecule has 2 aliphatic rings. The van der Waals surface area contributed by atoms with Gasteiger partial charge in [0.05, 0.1) is 10.7 Å². The van der Waals surface area contributed by atoms with E-state index in [2.05, 4.69) is 14.9 Å². The van der Waals surface area contributed by atoms with Gasteiger partial charge in [0.1, 0.15) is 17.2 Å². The second-order valence-electron chi connectivity index (χ2n) is 6.84. The zero-order valence-corrected chi connectivity index (χ0v) is 15.4. The number of hydrogen-bond acceptors (Lipinski definition) is 4. The Morgan fingerprint density at radius 2 is 1.81 bits per heavy atom. The number of piperazine rings is 1. The highest BCUT2D eigenvalue weighted by Crippen LogP contribution is 2.38. The molecule has 8 heteroatoms. The number of para-hydroxylation sites is 1. The summed E-state index contributed by atoms with van der Waals surface area (Å²) >= 11 is 6.24. The lowest BCUT2D eigenvalue weighted by Crippen LogP contribution is -2.49. The van der Waals surface area contributed by atoms with Gasteiger partial charge in [0.2, 0.25) is 0 Å². The van der Waals surface area contributed by atoms with E-state index in [1.807, 2.05) is 24.3 Å². The number of halogens is 3. The van der Waals surface area contributed by atoms with Crippen LogP contribution in [0, 0.1) is 0 Å². The summed E-state index contributed by atoms with van der Waals surface area (Å²) in [5.74, 6) is 0.151. The molecule has 142 valence electrons. The van der Waals surface area contributed by atoms with E-state index < -0.39 is 6.43 Å². The van der Waals surface area contributed by atoms with Crippen molar-refractivity contribution < 1.29 is 13.6 Å². The van der Waals surface area contributed by atoms with Gasteiger partial charge in [-0.05, 0) is 31.0 Å². The van der Waals surface area contributed by atoms with Crippen molar-refractivity contribution in [2.24, 2.45) is 0 Å². The van der Waals surface area contributed by atoms with E-state index in [0.29, 0.717) is 37.0 Å². The maximum Gasteiger partial charge on any atom is 0.280 e. The zero-order chi connectivity index (χ0) is 19.0. The molecule has 1 aliphatic heterocycles. The molecular formula is C19H19ClF2N4O. The molecule has 0 bridgehead atoms. The molecule has 1 aromatic heterocycles. The van der Waals surface area contributed by atoms with Gasteiger partial charge >= 0.3 is 0 Å². The van der Waals surface area contributed by atoms with Crippen molar-refractivity contribution in [3.05, 3.63) is 52.6 Å². The number of benzene rings is 1. The first-order valence-corrected chi connectivity index (χ1v) is 9.36. The van der Waals surface area contributed by atoms with Gasteiger partial charge in [0, 0.05) is 32.1 Å². The van der Waals surface area contributed by atoms with E-state index in [9.17, 15) is 13.6 Å². The van der Waals surface area contributed by atoms with E-state index in [1.54, 1.807) is 4.90 Å². The summed E-state index contributed by atoms with van der Waals surface area (Å²) in [6.45, 7) is 2.21. The maximum atomic E-state index is 13.2. The quantitative estimate of drug-likeness (QED) is 0.791. The molecule has 2 fully saturated rings. The van der Waals surface area contributed by atoms with E-state index in [-0.39, 0.29) is 23.2 Å². The van der Waals surface area contributed by atoms with Gasteiger partial charge in [-0.15, -0.1) is 0 Å². The lowest BCUT2D eigenvalue weighted by molar-refractivity contribution is 0.0739. The largest absolute Gasteiger partial charge is 0.367 e. The predicted octanol–water partition coefficient (Wildman–Crippen LogP) is 3.91. The van der Waals surface area contributed by atoms with Crippen LogP contribution in [0.5, 0.6) is 0 Å². The van der Waals surface area contributed by atoms with Gasteiger partial charge in [-0.2, -0.15) is 0 Å². The van der Waals surface area contributed by atoms with E-state index in [0.717, 1.165) is 24.6 Å². The fraction of sp³-hybridized carbons (Fsp3) is 0.421. The zero-order valence-electron chi connectivity index (χ0n) is 14.6. The first-order valence-electron chi connectivity index (χ1n) is 8.98. The van der Waals surface area contributed by atoms with Crippen molar-refractivity contribution in [2.75, 3.05) is 31.1 Å². The SMILES string of the molecule is O=C(c1cc(C(F)F)nc(C2CC2)n1)N1CCN(c2ccccc2Cl)CC1. The molecule has 27 heavy (non-hydrogen) atoms. The van der Waals surface area contributed by atoms with Gasteiger partial charge in [-0.25, -0.2) is 18.7 Å². The van der Waals surface area contributed by atoms with Crippen LogP contribution in [0.25, 0.3) is 0 Å². The monoisotopic (exact) mass is 392 g/mol. The standard InChI is InChI=1S/C19H19ClF2N4O/c20-13-3-1-2-4-16(13)25-7-9-26(10-8-25)19(27)15-11-14(17(21)22)23-18(24-15)12-5-6-12/h1-4,11-12,17H,5-10H2. The highest BCUT2D eigenvalue weighted by Gasteiger charge is 2.31. The Morgan fingerprint density at radius 1 is 1.11 bits per heavy atom. The van der Waals surface area contributed by atoms with Gasteiger partial charge < -0.3 is 9.80 Å². The minimum absolute atomic E-state index is 0.0633. The number of alkyl halides is 2. The van der Waals surface area contributed by atoms with Gasteiger partial charge in [-0.1, -0.05) is 23.7 Å². The van der Waals surface area contributed by atoms with E-state index in [1.165, 1.54) is 0 Å². The number of amides is 1. The van der Waals surface area contributed by atoms with Crippen LogP contribution in [-0.2, 0) is 0 Å². The lowest BCUT2D eigenvalue weighted by Gasteiger charge is -2.36. The maximum absolute atomic E-state index is 13.2. The van der Waals surface area contributed by atoms with Crippen molar-refractivity contribution in [3.63, 3.8) is 0 Å². The minimum Gasteiger partial charge on any atom is -0.367 e. The summed E-state index contributed by atoms with van der Waals surface area (Å²) in [6, 6.07) is 8.70. The Labute approximate surface area is 161 Å². The molecule has 0 atom stereocenters. The number of nitrogens with zero attached hydrogens (tertiary/aromatic N) is 4. The smallest absolute Gasteiger partial charge is 0.280 e. The van der Waals surface area contributed by atoms with Crippen LogP contribution in [-0.4, -0.2) is 47.0 Å². The topological polar surface area (TPSA) is 49.3 Å². The molecule has 1 amide bonds. The van der Waals surface area contributed by atoms with Crippen LogP contribution in [0.2, 0.25) is 5.02 Å². The molecule has 1 saturated heterocycles. The second kappa shape index (κ2) is 7.38. The third kappa shape index (κ3) is 3.88. The summed E-state index contributed by atoms with van der Waals surface area (Å²) in [5, 5.41) is 0.670. The van der Waals surface area contributed by atoms with Crippen molar-refractivity contribution in [3.8, 4) is 0 Å². The highest BCUT2D eigenvalue weighted by molar-refractivity contribution is 6.33. The lowest BCUT2D eigenvalue weighted by atomic mass is 10.2. The molecular weight excluding hydrogens is 374 g/mol. The molecule has 1 saturated carbocycles. The Hall–Kier alpha value is -2.28. The molecule has 0 radical (unpaired) electrons. The predicted molar refractivity (Wildman–Crippen MR) is 98.5 cm³/mol. The Bertz CT molecular complexity index is 831. The van der Waals surface area contributed by atoms with Crippen LogP contribution in [0.4, 0.5) is 14.5 Å². The van der Waals surface area contributed by atoms with Crippen molar-refractivity contribution in [1.82, 2.24) is 14.9 Å². The third-order valence-corrected chi connectivity index (χ3v) is 5.23. The Morgan fingerprint density at radius 3 is 2.44 bits per heavy atom. The summed E-state index contributed by atoms with van der Waals surface area (Å²) < 4.78 is 26.3. The summed E-state index contributed by atoms with van der Waals surface area (Å²) in [6.07, 6.45) is -0.942.